The van der Waals surface area contributed by atoms with E-state index >= 15 is 0 Å². The van der Waals surface area contributed by atoms with Gasteiger partial charge < -0.3 is 19.9 Å². The van der Waals surface area contributed by atoms with Gasteiger partial charge in [0.1, 0.15) is 0 Å². The SMILES string of the molecule is CN(C)C(=O)CNC(=NCc1ccc(Br)cc1)N(C)CCOCC1CC1.I. The Hall–Kier alpha value is -0.870. The average molecular weight is 553 g/mol. The van der Waals surface area contributed by atoms with Crippen LogP contribution in [-0.2, 0) is 16.1 Å². The van der Waals surface area contributed by atoms with Crippen LogP contribution in [0, 0.1) is 5.92 Å². The number of guanidine groups is 1. The zero-order valence-electron chi connectivity index (χ0n) is 16.3. The van der Waals surface area contributed by atoms with Crippen molar-refractivity contribution < 1.29 is 9.53 Å². The summed E-state index contributed by atoms with van der Waals surface area (Å²) < 4.78 is 6.76. The molecule has 1 aromatic rings. The van der Waals surface area contributed by atoms with Gasteiger partial charge in [0.2, 0.25) is 5.91 Å². The molecule has 0 saturated heterocycles. The number of halogens is 2. The lowest BCUT2D eigenvalue weighted by Gasteiger charge is -2.23. The van der Waals surface area contributed by atoms with Crippen molar-refractivity contribution in [2.45, 2.75) is 19.4 Å². The summed E-state index contributed by atoms with van der Waals surface area (Å²) in [4.78, 5) is 20.1. The molecule has 0 aromatic heterocycles. The molecule has 152 valence electrons. The van der Waals surface area contributed by atoms with Crippen LogP contribution in [0.1, 0.15) is 18.4 Å². The maximum absolute atomic E-state index is 11.9. The number of hydrogen-bond acceptors (Lipinski definition) is 3. The van der Waals surface area contributed by atoms with Crippen molar-refractivity contribution in [3.05, 3.63) is 34.3 Å². The van der Waals surface area contributed by atoms with Crippen molar-refractivity contribution in [1.82, 2.24) is 15.1 Å². The Kier molecular flexibility index (Phi) is 11.2. The third kappa shape index (κ3) is 9.75. The van der Waals surface area contributed by atoms with Gasteiger partial charge >= 0.3 is 0 Å². The number of amides is 1. The molecule has 1 N–H and O–H groups in total. The second-order valence-corrected chi connectivity index (χ2v) is 7.76. The molecule has 0 bridgehead atoms. The van der Waals surface area contributed by atoms with Crippen LogP contribution in [0.25, 0.3) is 0 Å². The van der Waals surface area contributed by atoms with Crippen LogP contribution in [0.3, 0.4) is 0 Å². The van der Waals surface area contributed by atoms with E-state index in [1.54, 1.807) is 19.0 Å². The van der Waals surface area contributed by atoms with Gasteiger partial charge in [-0.15, -0.1) is 24.0 Å². The first-order valence-electron chi connectivity index (χ1n) is 8.97. The number of benzene rings is 1. The van der Waals surface area contributed by atoms with E-state index in [0.717, 1.165) is 29.1 Å². The summed E-state index contributed by atoms with van der Waals surface area (Å²) >= 11 is 3.44. The van der Waals surface area contributed by atoms with Crippen LogP contribution in [0.4, 0.5) is 0 Å². The number of nitrogens with zero attached hydrogens (tertiary/aromatic N) is 3. The summed E-state index contributed by atoms with van der Waals surface area (Å²) in [6, 6.07) is 8.08. The lowest BCUT2D eigenvalue weighted by Crippen LogP contribution is -2.44. The van der Waals surface area contributed by atoms with Gasteiger partial charge in [0.25, 0.3) is 0 Å². The third-order valence-corrected chi connectivity index (χ3v) is 4.73. The fraction of sp³-hybridized carbons (Fsp3) is 0.579. The summed E-state index contributed by atoms with van der Waals surface area (Å²) in [6.45, 7) is 3.02. The van der Waals surface area contributed by atoms with Crippen LogP contribution in [0.5, 0.6) is 0 Å². The Morgan fingerprint density at radius 2 is 1.93 bits per heavy atom. The van der Waals surface area contributed by atoms with E-state index < -0.39 is 0 Å². The highest BCUT2D eigenvalue weighted by Crippen LogP contribution is 2.28. The first-order valence-corrected chi connectivity index (χ1v) is 9.77. The highest BCUT2D eigenvalue weighted by atomic mass is 127. The van der Waals surface area contributed by atoms with Crippen molar-refractivity contribution in [1.29, 1.82) is 0 Å². The first-order chi connectivity index (χ1) is 12.5. The predicted molar refractivity (Wildman–Crippen MR) is 124 cm³/mol. The Bertz CT molecular complexity index is 606. The van der Waals surface area contributed by atoms with Crippen molar-refractivity contribution in [3.63, 3.8) is 0 Å². The molecule has 1 aliphatic carbocycles. The smallest absolute Gasteiger partial charge is 0.241 e. The van der Waals surface area contributed by atoms with E-state index in [2.05, 4.69) is 26.2 Å². The van der Waals surface area contributed by atoms with E-state index in [1.807, 2.05) is 36.2 Å². The summed E-state index contributed by atoms with van der Waals surface area (Å²) in [7, 11) is 5.46. The molecular weight excluding hydrogens is 523 g/mol. The zero-order chi connectivity index (χ0) is 18.9. The predicted octanol–water partition coefficient (Wildman–Crippen LogP) is 2.96. The number of aliphatic imine (C=N–C) groups is 1. The molecule has 0 spiro atoms. The van der Waals surface area contributed by atoms with Crippen LogP contribution in [0.15, 0.2) is 33.7 Å². The molecule has 1 saturated carbocycles. The maximum Gasteiger partial charge on any atom is 0.241 e. The van der Waals surface area contributed by atoms with E-state index in [1.165, 1.54) is 12.8 Å². The standard InChI is InChI=1S/C19H29BrN4O2.HI/c1-23(2)18(25)13-22-19(21-12-15-6-8-17(20)9-7-15)24(3)10-11-26-14-16-4-5-16;/h6-9,16H,4-5,10-14H2,1-3H3,(H,21,22);1H. The molecule has 0 radical (unpaired) electrons. The Labute approximate surface area is 187 Å². The first kappa shape index (κ1) is 24.2. The molecule has 8 heteroatoms. The lowest BCUT2D eigenvalue weighted by molar-refractivity contribution is -0.127. The Balaban J connectivity index is 0.00000364. The van der Waals surface area contributed by atoms with Gasteiger partial charge in [-0.05, 0) is 36.5 Å². The van der Waals surface area contributed by atoms with Crippen molar-refractivity contribution in [2.75, 3.05) is 47.4 Å². The number of likely N-dealkylation sites (N-methyl/N-ethyl adjacent to an activating group) is 2. The second-order valence-electron chi connectivity index (χ2n) is 6.85. The summed E-state index contributed by atoms with van der Waals surface area (Å²) in [6.07, 6.45) is 2.59. The second kappa shape index (κ2) is 12.6. The van der Waals surface area contributed by atoms with E-state index in [4.69, 9.17) is 4.74 Å². The fourth-order valence-corrected chi connectivity index (χ4v) is 2.49. The molecule has 0 atom stereocenters. The molecule has 1 fully saturated rings. The Morgan fingerprint density at radius 1 is 1.26 bits per heavy atom. The van der Waals surface area contributed by atoms with Crippen molar-refractivity contribution in [2.24, 2.45) is 10.9 Å². The quantitative estimate of drug-likeness (QED) is 0.221. The normalized spacial score (nSPS) is 13.7. The van der Waals surface area contributed by atoms with Gasteiger partial charge in [0.15, 0.2) is 5.96 Å². The highest BCUT2D eigenvalue weighted by molar-refractivity contribution is 14.0. The minimum atomic E-state index is 0. The molecule has 1 aromatic carbocycles. The number of rotatable bonds is 9. The van der Waals surface area contributed by atoms with Crippen LogP contribution in [0.2, 0.25) is 0 Å². The van der Waals surface area contributed by atoms with Gasteiger partial charge in [-0.1, -0.05) is 28.1 Å². The van der Waals surface area contributed by atoms with Gasteiger partial charge in [-0.3, -0.25) is 4.79 Å². The molecule has 1 amide bonds. The zero-order valence-corrected chi connectivity index (χ0v) is 20.2. The summed E-state index contributed by atoms with van der Waals surface area (Å²) in [5.41, 5.74) is 1.12. The molecule has 0 unspecified atom stereocenters. The third-order valence-electron chi connectivity index (χ3n) is 4.20. The van der Waals surface area contributed by atoms with Crippen molar-refractivity contribution in [3.8, 4) is 0 Å². The van der Waals surface area contributed by atoms with Gasteiger partial charge in [0, 0.05) is 38.8 Å². The molecule has 0 heterocycles. The van der Waals surface area contributed by atoms with E-state index in [-0.39, 0.29) is 36.4 Å². The monoisotopic (exact) mass is 552 g/mol. The minimum absolute atomic E-state index is 0. The minimum Gasteiger partial charge on any atom is -0.379 e. The van der Waals surface area contributed by atoms with Gasteiger partial charge in [0.05, 0.1) is 19.7 Å². The molecule has 27 heavy (non-hydrogen) atoms. The van der Waals surface area contributed by atoms with E-state index in [0.29, 0.717) is 19.1 Å². The number of carbonyl (C=O) groups is 1. The van der Waals surface area contributed by atoms with Crippen LogP contribution in [-0.4, -0.2) is 69.1 Å². The summed E-state index contributed by atoms with van der Waals surface area (Å²) in [5.74, 6) is 1.49. The van der Waals surface area contributed by atoms with Crippen molar-refractivity contribution >= 4 is 51.8 Å². The van der Waals surface area contributed by atoms with Gasteiger partial charge in [-0.2, -0.15) is 0 Å². The topological polar surface area (TPSA) is 57.2 Å². The van der Waals surface area contributed by atoms with Crippen LogP contribution >= 0.6 is 39.9 Å². The molecule has 2 rings (SSSR count). The average Bonchev–Trinajstić information content (AvgIpc) is 3.44. The number of hydrogen-bond donors (Lipinski definition) is 1. The highest BCUT2D eigenvalue weighted by Gasteiger charge is 2.21. The lowest BCUT2D eigenvalue weighted by atomic mass is 10.2. The molecule has 6 nitrogen and oxygen atoms in total. The number of ether oxygens (including phenoxy) is 1. The molecular formula is C19H30BrIN4O2. The largest absolute Gasteiger partial charge is 0.379 e. The molecule has 1 aliphatic rings. The van der Waals surface area contributed by atoms with Gasteiger partial charge in [-0.25, -0.2) is 4.99 Å². The summed E-state index contributed by atoms with van der Waals surface area (Å²) in [5, 5.41) is 3.16. The Morgan fingerprint density at radius 3 is 2.52 bits per heavy atom. The number of carbonyl (C=O) groups excluding carboxylic acids is 1. The van der Waals surface area contributed by atoms with E-state index in [9.17, 15) is 4.79 Å². The fourth-order valence-electron chi connectivity index (χ4n) is 2.22. The number of nitrogens with one attached hydrogen (secondary N) is 1. The molecule has 0 aliphatic heterocycles. The maximum atomic E-state index is 11.9. The van der Waals surface area contributed by atoms with Crippen LogP contribution < -0.4 is 5.32 Å².